The topological polar surface area (TPSA) is 175 Å². The predicted molar refractivity (Wildman–Crippen MR) is 338 cm³/mol. The molecule has 0 bridgehead atoms. The summed E-state index contributed by atoms with van der Waals surface area (Å²) in [6, 6.07) is -1.04. The third kappa shape index (κ3) is 44.5. The number of unbranched alkanes of at least 4 members (excludes halogenated alkanes) is 26. The molecule has 0 spiro atoms. The van der Waals surface area contributed by atoms with E-state index in [0.717, 1.165) is 116 Å². The van der Waals surface area contributed by atoms with Crippen LogP contribution in [0.5, 0.6) is 0 Å². The second-order valence-electron chi connectivity index (χ2n) is 22.1. The monoisotopic (exact) mass is 1130 g/mol. The van der Waals surface area contributed by atoms with E-state index in [-0.39, 0.29) is 19.4 Å². The van der Waals surface area contributed by atoms with E-state index in [0.29, 0.717) is 12.8 Å². The first-order valence-corrected chi connectivity index (χ1v) is 32.7. The van der Waals surface area contributed by atoms with E-state index < -0.39 is 67.4 Å². The Hall–Kier alpha value is -3.68. The van der Waals surface area contributed by atoms with Gasteiger partial charge in [-0.3, -0.25) is 9.59 Å². The fraction of sp³-hybridized carbons (Fsp3) is 0.714. The van der Waals surface area contributed by atoms with Crippen molar-refractivity contribution in [3.8, 4) is 0 Å². The Labute approximate surface area is 494 Å². The number of ether oxygens (including phenoxy) is 3. The van der Waals surface area contributed by atoms with Gasteiger partial charge in [-0.2, -0.15) is 0 Å². The third-order valence-electron chi connectivity index (χ3n) is 14.7. The average Bonchev–Trinajstić information content (AvgIpc) is 3.50. The van der Waals surface area contributed by atoms with Crippen LogP contribution < -0.4 is 5.32 Å². The fourth-order valence-corrected chi connectivity index (χ4v) is 9.62. The van der Waals surface area contributed by atoms with Crippen molar-refractivity contribution < 1.29 is 49.3 Å². The van der Waals surface area contributed by atoms with Crippen molar-refractivity contribution in [1.29, 1.82) is 0 Å². The second kappa shape index (κ2) is 56.8. The van der Waals surface area contributed by atoms with Crippen molar-refractivity contribution >= 4 is 11.9 Å². The van der Waals surface area contributed by atoms with E-state index in [1.807, 2.05) is 30.4 Å². The Morgan fingerprint density at radius 2 is 0.951 bits per heavy atom. The molecule has 0 aromatic heterocycles. The zero-order valence-corrected chi connectivity index (χ0v) is 51.4. The minimum absolute atomic E-state index is 0.111. The standard InChI is InChI=1S/C70H119NO10/c1-4-7-10-13-16-19-22-25-26-27-28-29-30-31-32-33-34-35-36-37-38-40-43-46-49-52-55-58-65(75)81-68-67(77)66(76)64(59-72)80-70(68)79-60-61(62(73)56-53-50-47-44-42-39-23-20-17-14-11-8-5-2)71-69(78)63(74)57-54-51-48-45-41-24-21-18-15-12-9-6-3/h7,9-10,12,15-16,18-19,21,24-26,28-29,31-32,53,56,61-64,66-68,70,72-74,76-77H,4-6,8,11,13-14,17,20,22-23,27,30,33-52,54-55,57-60H2,1-3H3,(H,71,78)/b10-7-,12-9+,18-15+,19-16-,24-21-,26-25-,29-28-,32-31-,56-53+. The van der Waals surface area contributed by atoms with E-state index >= 15 is 0 Å². The Balaban J connectivity index is 2.58. The molecule has 1 aliphatic rings. The van der Waals surface area contributed by atoms with Crippen LogP contribution in [-0.2, 0) is 23.8 Å². The van der Waals surface area contributed by atoms with Crippen LogP contribution in [0.1, 0.15) is 258 Å². The molecule has 0 saturated carbocycles. The van der Waals surface area contributed by atoms with Gasteiger partial charge in [0.15, 0.2) is 12.4 Å². The minimum atomic E-state index is -1.62. The normalized spacial score (nSPS) is 19.4. The first-order chi connectivity index (χ1) is 39.7. The van der Waals surface area contributed by atoms with Crippen LogP contribution in [0.25, 0.3) is 0 Å². The van der Waals surface area contributed by atoms with Gasteiger partial charge >= 0.3 is 5.97 Å². The van der Waals surface area contributed by atoms with Gasteiger partial charge in [0.05, 0.1) is 25.4 Å². The highest BCUT2D eigenvalue weighted by Crippen LogP contribution is 2.26. The van der Waals surface area contributed by atoms with E-state index in [1.165, 1.54) is 96.3 Å². The summed E-state index contributed by atoms with van der Waals surface area (Å²) >= 11 is 0. The molecular weight excluding hydrogens is 1010 g/mol. The number of allylic oxidation sites excluding steroid dienone is 17. The summed E-state index contributed by atoms with van der Waals surface area (Å²) < 4.78 is 17.6. The summed E-state index contributed by atoms with van der Waals surface area (Å²) in [5.74, 6) is -1.22. The van der Waals surface area contributed by atoms with Crippen LogP contribution >= 0.6 is 0 Å². The lowest BCUT2D eigenvalue weighted by molar-refractivity contribution is -0.305. The Kier molecular flexibility index (Phi) is 52.8. The van der Waals surface area contributed by atoms with Crippen molar-refractivity contribution in [3.05, 3.63) is 109 Å². The largest absolute Gasteiger partial charge is 0.454 e. The van der Waals surface area contributed by atoms with Gasteiger partial charge in [-0.05, 0) is 89.9 Å². The van der Waals surface area contributed by atoms with Gasteiger partial charge in [0.2, 0.25) is 5.91 Å². The number of rotatable bonds is 54. The number of aliphatic hydroxyl groups is 5. The van der Waals surface area contributed by atoms with Gasteiger partial charge < -0.3 is 45.1 Å². The van der Waals surface area contributed by atoms with Crippen LogP contribution in [0.2, 0.25) is 0 Å². The molecule has 1 saturated heterocycles. The number of amides is 1. The van der Waals surface area contributed by atoms with E-state index in [9.17, 15) is 35.1 Å². The van der Waals surface area contributed by atoms with E-state index in [1.54, 1.807) is 6.08 Å². The Morgan fingerprint density at radius 1 is 0.506 bits per heavy atom. The predicted octanol–water partition coefficient (Wildman–Crippen LogP) is 16.1. The average molecular weight is 1130 g/mol. The molecule has 8 atom stereocenters. The van der Waals surface area contributed by atoms with Gasteiger partial charge in [-0.25, -0.2) is 0 Å². The van der Waals surface area contributed by atoms with Crippen LogP contribution in [-0.4, -0.2) is 99.6 Å². The number of nitrogens with one attached hydrogen (secondary N) is 1. The maximum Gasteiger partial charge on any atom is 0.306 e. The lowest BCUT2D eigenvalue weighted by Crippen LogP contribution is -2.61. The highest BCUT2D eigenvalue weighted by atomic mass is 16.7. The molecule has 11 heteroatoms. The van der Waals surface area contributed by atoms with Crippen molar-refractivity contribution in [2.45, 2.75) is 307 Å². The maximum atomic E-state index is 13.4. The summed E-state index contributed by atoms with van der Waals surface area (Å²) in [4.78, 5) is 26.6. The summed E-state index contributed by atoms with van der Waals surface area (Å²) in [5.41, 5.74) is 0. The van der Waals surface area contributed by atoms with Gasteiger partial charge in [0, 0.05) is 6.42 Å². The highest BCUT2D eigenvalue weighted by molar-refractivity contribution is 5.80. The molecule has 1 rings (SSSR count). The minimum Gasteiger partial charge on any atom is -0.454 e. The zero-order valence-electron chi connectivity index (χ0n) is 51.4. The SMILES string of the molecule is CC/C=C\C/C=C\C/C=C\C/C=C\C/C=C\CCCCCCCCCCCCCC(=O)OC1C(OCC(NC(=O)C(O)CCCCCC\C=C/C=C/C=C/CC)C(O)/C=C/CCCCCCCCCCCCC)OC(CO)C(O)C1O. The first kappa shape index (κ1) is 75.3. The molecule has 464 valence electrons. The molecule has 11 nitrogen and oxygen atoms in total. The Morgan fingerprint density at radius 3 is 1.47 bits per heavy atom. The number of hydrogen-bond donors (Lipinski definition) is 6. The molecule has 0 aromatic carbocycles. The molecule has 8 unspecified atom stereocenters. The van der Waals surface area contributed by atoms with Gasteiger partial charge in [0.1, 0.15) is 24.4 Å². The number of esters is 1. The van der Waals surface area contributed by atoms with Crippen molar-refractivity contribution in [3.63, 3.8) is 0 Å². The van der Waals surface area contributed by atoms with Crippen LogP contribution in [0.4, 0.5) is 0 Å². The molecule has 81 heavy (non-hydrogen) atoms. The summed E-state index contributed by atoms with van der Waals surface area (Å²) in [6.07, 6.45) is 67.1. The summed E-state index contributed by atoms with van der Waals surface area (Å²) in [6.45, 7) is 5.52. The molecule has 0 aliphatic carbocycles. The van der Waals surface area contributed by atoms with Crippen molar-refractivity contribution in [1.82, 2.24) is 5.32 Å². The lowest BCUT2D eigenvalue weighted by atomic mass is 9.99. The third-order valence-corrected chi connectivity index (χ3v) is 14.7. The summed E-state index contributed by atoms with van der Waals surface area (Å²) in [7, 11) is 0. The van der Waals surface area contributed by atoms with Crippen molar-refractivity contribution in [2.75, 3.05) is 13.2 Å². The first-order valence-electron chi connectivity index (χ1n) is 32.7. The lowest BCUT2D eigenvalue weighted by Gasteiger charge is -2.41. The highest BCUT2D eigenvalue weighted by Gasteiger charge is 2.47. The van der Waals surface area contributed by atoms with Crippen molar-refractivity contribution in [2.24, 2.45) is 0 Å². The fourth-order valence-electron chi connectivity index (χ4n) is 9.62. The number of aliphatic hydroxyl groups excluding tert-OH is 5. The molecule has 1 heterocycles. The molecule has 0 radical (unpaired) electrons. The molecule has 1 amide bonds. The van der Waals surface area contributed by atoms with E-state index in [2.05, 4.69) is 99.0 Å². The molecule has 1 aliphatic heterocycles. The maximum absolute atomic E-state index is 13.4. The second-order valence-corrected chi connectivity index (χ2v) is 22.1. The number of carbonyl (C=O) groups is 2. The smallest absolute Gasteiger partial charge is 0.306 e. The van der Waals surface area contributed by atoms with Crippen LogP contribution in [0.15, 0.2) is 109 Å². The molecular formula is C70H119NO10. The molecule has 0 aromatic rings. The van der Waals surface area contributed by atoms with Gasteiger partial charge in [-0.1, -0.05) is 271 Å². The number of hydrogen-bond acceptors (Lipinski definition) is 10. The number of carbonyl (C=O) groups excluding carboxylic acids is 2. The van der Waals surface area contributed by atoms with Gasteiger partial charge in [-0.15, -0.1) is 0 Å². The Bertz CT molecular complexity index is 1730. The van der Waals surface area contributed by atoms with Crippen LogP contribution in [0, 0.1) is 0 Å². The van der Waals surface area contributed by atoms with E-state index in [4.69, 9.17) is 14.2 Å². The molecule has 6 N–H and O–H groups in total. The van der Waals surface area contributed by atoms with Gasteiger partial charge in [0.25, 0.3) is 0 Å². The van der Waals surface area contributed by atoms with Crippen LogP contribution in [0.3, 0.4) is 0 Å². The molecule has 1 fully saturated rings. The quantitative estimate of drug-likeness (QED) is 0.0149. The zero-order chi connectivity index (χ0) is 58.9. The summed E-state index contributed by atoms with van der Waals surface area (Å²) in [5, 5.41) is 57.0.